The van der Waals surface area contributed by atoms with Crippen molar-refractivity contribution in [2.45, 2.75) is 44.2 Å². The van der Waals surface area contributed by atoms with Crippen LogP contribution < -0.4 is 10.2 Å². The Morgan fingerprint density at radius 2 is 1.71 bits per heavy atom. The second-order valence-electron chi connectivity index (χ2n) is 10.3. The van der Waals surface area contributed by atoms with E-state index in [9.17, 15) is 9.59 Å². The van der Waals surface area contributed by atoms with Gasteiger partial charge in [-0.1, -0.05) is 36.4 Å². The van der Waals surface area contributed by atoms with Gasteiger partial charge in [0, 0.05) is 45.5 Å². The van der Waals surface area contributed by atoms with Crippen molar-refractivity contribution in [1.82, 2.24) is 15.1 Å². The van der Waals surface area contributed by atoms with Crippen LogP contribution in [0.5, 0.6) is 0 Å². The topological polar surface area (TPSA) is 55.9 Å². The van der Waals surface area contributed by atoms with Crippen LogP contribution in [0.25, 0.3) is 0 Å². The molecule has 1 saturated heterocycles. The average Bonchev–Trinajstić information content (AvgIpc) is 2.86. The highest BCUT2D eigenvalue weighted by atomic mass is 16.2. The Bertz CT molecular complexity index is 1030. The lowest BCUT2D eigenvalue weighted by Crippen LogP contribution is -2.53. The van der Waals surface area contributed by atoms with Gasteiger partial charge >= 0.3 is 0 Å². The molecular formula is C28H36N4O2. The van der Waals surface area contributed by atoms with Crippen LogP contribution >= 0.6 is 0 Å². The van der Waals surface area contributed by atoms with Gasteiger partial charge in [0.1, 0.15) is 0 Å². The van der Waals surface area contributed by atoms with Gasteiger partial charge in [-0.25, -0.2) is 0 Å². The Hall–Kier alpha value is -2.86. The Labute approximate surface area is 202 Å². The molecule has 0 radical (unpaired) electrons. The number of nitrogens with zero attached hydrogens (tertiary/aromatic N) is 3. The van der Waals surface area contributed by atoms with Gasteiger partial charge in [-0.05, 0) is 60.4 Å². The number of nitrogens with one attached hydrogen (secondary N) is 1. The summed E-state index contributed by atoms with van der Waals surface area (Å²) in [6.45, 7) is 3.50. The van der Waals surface area contributed by atoms with Gasteiger partial charge in [0.15, 0.2) is 0 Å². The molecule has 2 fully saturated rings. The fourth-order valence-electron chi connectivity index (χ4n) is 5.90. The SMILES string of the molecule is CN1CCN(C2CCC(CN(C)c3ccc(C4NC(=O)Cc5ccccc54)cc3)CC2)CC1=O. The summed E-state index contributed by atoms with van der Waals surface area (Å²) in [5.41, 5.74) is 4.65. The van der Waals surface area contributed by atoms with Crippen molar-refractivity contribution >= 4 is 17.5 Å². The number of piperazine rings is 1. The first-order valence-electron chi connectivity index (χ1n) is 12.6. The third-order valence-corrected chi connectivity index (χ3v) is 8.04. The summed E-state index contributed by atoms with van der Waals surface area (Å²) in [6, 6.07) is 17.4. The fourth-order valence-corrected chi connectivity index (χ4v) is 5.90. The summed E-state index contributed by atoms with van der Waals surface area (Å²) in [7, 11) is 4.08. The Morgan fingerprint density at radius 1 is 0.971 bits per heavy atom. The molecule has 0 aromatic heterocycles. The molecule has 6 nitrogen and oxygen atoms in total. The first-order valence-corrected chi connectivity index (χ1v) is 12.6. The van der Waals surface area contributed by atoms with E-state index in [-0.39, 0.29) is 17.9 Å². The number of anilines is 1. The highest BCUT2D eigenvalue weighted by Gasteiger charge is 2.31. The fraction of sp³-hybridized carbons (Fsp3) is 0.500. The third-order valence-electron chi connectivity index (χ3n) is 8.04. The van der Waals surface area contributed by atoms with Gasteiger partial charge in [0.25, 0.3) is 0 Å². The average molecular weight is 461 g/mol. The second kappa shape index (κ2) is 9.79. The molecule has 2 aliphatic heterocycles. The van der Waals surface area contributed by atoms with E-state index in [0.717, 1.165) is 30.8 Å². The van der Waals surface area contributed by atoms with Gasteiger partial charge in [-0.2, -0.15) is 0 Å². The van der Waals surface area contributed by atoms with Crippen LogP contribution in [0, 0.1) is 5.92 Å². The van der Waals surface area contributed by atoms with Gasteiger partial charge in [-0.15, -0.1) is 0 Å². The van der Waals surface area contributed by atoms with Crippen LogP contribution in [0.2, 0.25) is 0 Å². The molecule has 0 spiro atoms. The first kappa shape index (κ1) is 22.9. The van der Waals surface area contributed by atoms with Gasteiger partial charge in [0.2, 0.25) is 11.8 Å². The number of hydrogen-bond acceptors (Lipinski definition) is 4. The third kappa shape index (κ3) is 4.83. The molecule has 34 heavy (non-hydrogen) atoms. The van der Waals surface area contributed by atoms with E-state index in [4.69, 9.17) is 0 Å². The molecule has 6 heteroatoms. The van der Waals surface area contributed by atoms with Crippen LogP contribution in [0.1, 0.15) is 48.4 Å². The Morgan fingerprint density at radius 3 is 2.44 bits per heavy atom. The zero-order valence-corrected chi connectivity index (χ0v) is 20.4. The summed E-state index contributed by atoms with van der Waals surface area (Å²) in [5, 5.41) is 3.16. The summed E-state index contributed by atoms with van der Waals surface area (Å²) < 4.78 is 0. The number of amides is 2. The van der Waals surface area contributed by atoms with E-state index < -0.39 is 0 Å². The molecule has 2 aromatic rings. The quantitative estimate of drug-likeness (QED) is 0.745. The largest absolute Gasteiger partial charge is 0.374 e. The number of carbonyl (C=O) groups is 2. The van der Waals surface area contributed by atoms with Crippen molar-refractivity contribution in [2.24, 2.45) is 5.92 Å². The van der Waals surface area contributed by atoms with E-state index in [1.165, 1.54) is 36.9 Å². The van der Waals surface area contributed by atoms with Crippen molar-refractivity contribution in [3.05, 3.63) is 65.2 Å². The highest BCUT2D eigenvalue weighted by Crippen LogP contribution is 2.32. The minimum absolute atomic E-state index is 0.0754. The predicted molar refractivity (Wildman–Crippen MR) is 135 cm³/mol. The molecule has 0 bridgehead atoms. The number of carbonyl (C=O) groups excluding carboxylic acids is 2. The van der Waals surface area contributed by atoms with Crippen molar-refractivity contribution in [2.75, 3.05) is 45.2 Å². The lowest BCUT2D eigenvalue weighted by Gasteiger charge is -2.41. The van der Waals surface area contributed by atoms with Crippen LogP contribution in [-0.2, 0) is 16.0 Å². The second-order valence-corrected chi connectivity index (χ2v) is 10.3. The summed E-state index contributed by atoms with van der Waals surface area (Å²) in [5.74, 6) is 1.03. The van der Waals surface area contributed by atoms with E-state index in [2.05, 4.69) is 58.6 Å². The lowest BCUT2D eigenvalue weighted by molar-refractivity contribution is -0.135. The molecule has 1 unspecified atom stereocenters. The summed E-state index contributed by atoms with van der Waals surface area (Å²) in [4.78, 5) is 30.9. The van der Waals surface area contributed by atoms with E-state index in [0.29, 0.717) is 24.9 Å². The van der Waals surface area contributed by atoms with Crippen LogP contribution in [0.4, 0.5) is 5.69 Å². The lowest BCUT2D eigenvalue weighted by atomic mass is 9.84. The van der Waals surface area contributed by atoms with Crippen LogP contribution in [0.15, 0.2) is 48.5 Å². The minimum atomic E-state index is -0.0754. The van der Waals surface area contributed by atoms with Crippen LogP contribution in [0.3, 0.4) is 0 Å². The normalized spacial score (nSPS) is 25.6. The predicted octanol–water partition coefficient (Wildman–Crippen LogP) is 3.22. The maximum absolute atomic E-state index is 12.2. The Balaban J connectivity index is 1.16. The maximum Gasteiger partial charge on any atom is 0.236 e. The molecule has 1 N–H and O–H groups in total. The van der Waals surface area contributed by atoms with Gasteiger partial charge in [-0.3, -0.25) is 14.5 Å². The minimum Gasteiger partial charge on any atom is -0.374 e. The Kier molecular flexibility index (Phi) is 6.59. The molecule has 2 amide bonds. The zero-order chi connectivity index (χ0) is 23.7. The summed E-state index contributed by atoms with van der Waals surface area (Å²) >= 11 is 0. The molecule has 5 rings (SSSR count). The molecule has 180 valence electrons. The van der Waals surface area contributed by atoms with E-state index in [1.807, 2.05) is 24.1 Å². The van der Waals surface area contributed by atoms with E-state index in [1.54, 1.807) is 0 Å². The van der Waals surface area contributed by atoms with Crippen molar-refractivity contribution in [3.63, 3.8) is 0 Å². The number of fused-ring (bicyclic) bond motifs is 1. The molecule has 3 aliphatic rings. The number of benzene rings is 2. The maximum atomic E-state index is 12.2. The molecule has 2 heterocycles. The zero-order valence-electron chi connectivity index (χ0n) is 20.4. The summed E-state index contributed by atoms with van der Waals surface area (Å²) in [6.07, 6.45) is 5.28. The number of likely N-dealkylation sites (N-methyl/N-ethyl adjacent to an activating group) is 1. The molecule has 1 atom stereocenters. The number of hydrogen-bond donors (Lipinski definition) is 1. The van der Waals surface area contributed by atoms with Crippen molar-refractivity contribution in [3.8, 4) is 0 Å². The molecule has 1 saturated carbocycles. The van der Waals surface area contributed by atoms with Crippen molar-refractivity contribution < 1.29 is 9.59 Å². The number of rotatable bonds is 5. The molecule has 1 aliphatic carbocycles. The molecule has 2 aromatic carbocycles. The monoisotopic (exact) mass is 460 g/mol. The van der Waals surface area contributed by atoms with Crippen molar-refractivity contribution in [1.29, 1.82) is 0 Å². The smallest absolute Gasteiger partial charge is 0.236 e. The first-order chi connectivity index (χ1) is 16.5. The highest BCUT2D eigenvalue weighted by molar-refractivity contribution is 5.82. The van der Waals surface area contributed by atoms with Gasteiger partial charge in [0.05, 0.1) is 19.0 Å². The van der Waals surface area contributed by atoms with Gasteiger partial charge < -0.3 is 15.1 Å². The van der Waals surface area contributed by atoms with E-state index >= 15 is 0 Å². The van der Waals surface area contributed by atoms with Crippen LogP contribution in [-0.4, -0.2) is 67.9 Å². The standard InChI is InChI=1S/C28H36N4O2/c1-30-15-16-32(19-27(30)34)24-11-7-20(8-12-24)18-31(2)23-13-9-21(10-14-23)28-25-6-4-3-5-22(25)17-26(33)29-28/h3-6,9-10,13-14,20,24,28H,7-8,11-12,15-19H2,1-2H3,(H,29,33). The molecular weight excluding hydrogens is 424 g/mol.